The molecule has 6 nitrogen and oxygen atoms in total. The van der Waals surface area contributed by atoms with E-state index in [0.29, 0.717) is 5.56 Å². The molecule has 0 saturated carbocycles. The number of fused-ring (bicyclic) bond motifs is 1. The average molecular weight is 428 g/mol. The minimum absolute atomic E-state index is 0.0373. The van der Waals surface area contributed by atoms with Gasteiger partial charge in [-0.05, 0) is 37.1 Å². The second-order valence-corrected chi connectivity index (χ2v) is 7.96. The highest BCUT2D eigenvalue weighted by molar-refractivity contribution is 9.10. The zero-order chi connectivity index (χ0) is 19.0. The lowest BCUT2D eigenvalue weighted by Crippen LogP contribution is -2.45. The summed E-state index contributed by atoms with van der Waals surface area (Å²) >= 11 is 3.51. The van der Waals surface area contributed by atoms with E-state index < -0.39 is 0 Å². The van der Waals surface area contributed by atoms with Gasteiger partial charge in [-0.2, -0.15) is 5.10 Å². The van der Waals surface area contributed by atoms with Gasteiger partial charge in [0.15, 0.2) is 0 Å². The summed E-state index contributed by atoms with van der Waals surface area (Å²) < 4.78 is 2.70. The van der Waals surface area contributed by atoms with Gasteiger partial charge in [-0.1, -0.05) is 22.0 Å². The van der Waals surface area contributed by atoms with Crippen molar-refractivity contribution in [2.75, 3.05) is 25.0 Å². The number of anilines is 1. The van der Waals surface area contributed by atoms with Crippen LogP contribution in [0.15, 0.2) is 47.2 Å². The Morgan fingerprint density at radius 2 is 1.96 bits per heavy atom. The Labute approximate surface area is 166 Å². The van der Waals surface area contributed by atoms with Gasteiger partial charge < -0.3 is 9.80 Å². The fourth-order valence-electron chi connectivity index (χ4n) is 3.64. The largest absolute Gasteiger partial charge is 0.356 e. The normalized spacial score (nSPS) is 15.3. The molecule has 1 amide bonds. The first-order valence-electron chi connectivity index (χ1n) is 9.08. The summed E-state index contributed by atoms with van der Waals surface area (Å²) in [5.41, 5.74) is 1.64. The van der Waals surface area contributed by atoms with Crippen LogP contribution in [0.3, 0.4) is 0 Å². The zero-order valence-electron chi connectivity index (χ0n) is 15.5. The smallest absolute Gasteiger partial charge is 0.257 e. The van der Waals surface area contributed by atoms with Crippen molar-refractivity contribution in [2.24, 2.45) is 7.05 Å². The van der Waals surface area contributed by atoms with Gasteiger partial charge >= 0.3 is 0 Å². The van der Waals surface area contributed by atoms with Crippen LogP contribution in [0.5, 0.6) is 0 Å². The molecule has 1 aliphatic rings. The number of nitrogens with zero attached hydrogens (tertiary/aromatic N) is 5. The molecular weight excluding hydrogens is 406 g/mol. The van der Waals surface area contributed by atoms with Crippen LogP contribution in [-0.2, 0) is 7.05 Å². The van der Waals surface area contributed by atoms with E-state index in [1.165, 1.54) is 0 Å². The number of benzene rings is 1. The Morgan fingerprint density at radius 3 is 2.67 bits per heavy atom. The number of halogens is 1. The maximum Gasteiger partial charge on any atom is 0.257 e. The third-order valence-corrected chi connectivity index (χ3v) is 5.74. The summed E-state index contributed by atoms with van der Waals surface area (Å²) in [5.74, 6) is 1.04. The molecule has 0 spiro atoms. The first-order valence-corrected chi connectivity index (χ1v) is 9.87. The molecule has 4 rings (SSSR count). The third kappa shape index (κ3) is 3.69. The quantitative estimate of drug-likeness (QED) is 0.641. The zero-order valence-corrected chi connectivity index (χ0v) is 17.1. The van der Waals surface area contributed by atoms with Gasteiger partial charge in [0, 0.05) is 49.3 Å². The van der Waals surface area contributed by atoms with Crippen LogP contribution in [-0.4, -0.2) is 51.8 Å². The fourth-order valence-corrected chi connectivity index (χ4v) is 3.99. The number of pyridine rings is 1. The van der Waals surface area contributed by atoms with Crippen molar-refractivity contribution in [3.05, 3.63) is 52.8 Å². The van der Waals surface area contributed by atoms with E-state index in [4.69, 9.17) is 4.98 Å². The van der Waals surface area contributed by atoms with Crippen molar-refractivity contribution in [1.82, 2.24) is 19.7 Å². The molecule has 3 heterocycles. The van der Waals surface area contributed by atoms with E-state index in [0.717, 1.165) is 47.1 Å². The van der Waals surface area contributed by atoms with Crippen LogP contribution in [0.2, 0.25) is 0 Å². The maximum atomic E-state index is 12.6. The summed E-state index contributed by atoms with van der Waals surface area (Å²) in [6.07, 6.45) is 5.26. The Balaban J connectivity index is 1.43. The van der Waals surface area contributed by atoms with E-state index >= 15 is 0 Å². The lowest BCUT2D eigenvalue weighted by Gasteiger charge is -2.37. The average Bonchev–Trinajstić information content (AvgIpc) is 3.12. The van der Waals surface area contributed by atoms with Crippen molar-refractivity contribution < 1.29 is 4.79 Å². The van der Waals surface area contributed by atoms with Gasteiger partial charge in [-0.3, -0.25) is 9.48 Å². The Hall–Kier alpha value is -2.41. The molecule has 140 valence electrons. The third-order valence-electron chi connectivity index (χ3n) is 5.25. The second kappa shape index (κ2) is 7.31. The van der Waals surface area contributed by atoms with Gasteiger partial charge in [0.25, 0.3) is 5.91 Å². The first-order chi connectivity index (χ1) is 13.0. The van der Waals surface area contributed by atoms with Crippen LogP contribution < -0.4 is 4.90 Å². The summed E-state index contributed by atoms with van der Waals surface area (Å²) in [6, 6.07) is 10.6. The predicted octanol–water partition coefficient (Wildman–Crippen LogP) is 3.47. The first kappa shape index (κ1) is 18.0. The van der Waals surface area contributed by atoms with E-state index in [-0.39, 0.29) is 11.9 Å². The molecule has 27 heavy (non-hydrogen) atoms. The molecule has 7 heteroatoms. The van der Waals surface area contributed by atoms with Crippen LogP contribution in [0, 0.1) is 0 Å². The maximum absolute atomic E-state index is 12.6. The van der Waals surface area contributed by atoms with Gasteiger partial charge in [0.1, 0.15) is 5.82 Å². The number of aromatic nitrogens is 3. The minimum atomic E-state index is 0.0373. The molecule has 0 N–H and O–H groups in total. The number of piperidine rings is 1. The molecule has 0 aliphatic carbocycles. The van der Waals surface area contributed by atoms with E-state index in [1.54, 1.807) is 17.1 Å². The minimum Gasteiger partial charge on any atom is -0.356 e. The molecule has 0 bridgehead atoms. The van der Waals surface area contributed by atoms with E-state index in [9.17, 15) is 4.79 Å². The van der Waals surface area contributed by atoms with Crippen molar-refractivity contribution in [2.45, 2.75) is 18.9 Å². The van der Waals surface area contributed by atoms with Crippen molar-refractivity contribution in [1.29, 1.82) is 0 Å². The van der Waals surface area contributed by atoms with Gasteiger partial charge in [0.2, 0.25) is 0 Å². The van der Waals surface area contributed by atoms with Crippen molar-refractivity contribution in [3.63, 3.8) is 0 Å². The SMILES string of the molecule is CN(C(=O)c1cnn(C)c1)C1CCN(c2ccc3ccc(Br)cc3n2)CC1. The molecule has 1 aromatic carbocycles. The van der Waals surface area contributed by atoms with E-state index in [2.05, 4.69) is 44.1 Å². The summed E-state index contributed by atoms with van der Waals surface area (Å²) in [7, 11) is 3.71. The molecule has 0 radical (unpaired) electrons. The number of hydrogen-bond acceptors (Lipinski definition) is 4. The molecule has 0 unspecified atom stereocenters. The van der Waals surface area contributed by atoms with Gasteiger partial charge in [0.05, 0.1) is 17.3 Å². The summed E-state index contributed by atoms with van der Waals surface area (Å²) in [4.78, 5) is 21.6. The number of rotatable bonds is 3. The summed E-state index contributed by atoms with van der Waals surface area (Å²) in [5, 5.41) is 5.23. The van der Waals surface area contributed by atoms with E-state index in [1.807, 2.05) is 31.1 Å². The molecular formula is C20H22BrN5O. The molecule has 0 atom stereocenters. The highest BCUT2D eigenvalue weighted by Crippen LogP contribution is 2.25. The standard InChI is InChI=1S/C20H22BrN5O/c1-24-13-15(12-22-24)20(27)25(2)17-7-9-26(10-8-17)19-6-4-14-3-5-16(21)11-18(14)23-19/h3-6,11-13,17H,7-10H2,1-2H3. The Bertz CT molecular complexity index is 977. The van der Waals surface area contributed by atoms with Crippen LogP contribution >= 0.6 is 15.9 Å². The molecule has 1 aliphatic heterocycles. The van der Waals surface area contributed by atoms with Gasteiger partial charge in [-0.15, -0.1) is 0 Å². The topological polar surface area (TPSA) is 54.3 Å². The lowest BCUT2D eigenvalue weighted by molar-refractivity contribution is 0.0709. The Kier molecular flexibility index (Phi) is 4.86. The van der Waals surface area contributed by atoms with Crippen molar-refractivity contribution >= 4 is 38.6 Å². The van der Waals surface area contributed by atoms with Gasteiger partial charge in [-0.25, -0.2) is 4.98 Å². The summed E-state index contributed by atoms with van der Waals surface area (Å²) in [6.45, 7) is 1.78. The van der Waals surface area contributed by atoms with Crippen LogP contribution in [0.4, 0.5) is 5.82 Å². The molecule has 1 fully saturated rings. The van der Waals surface area contributed by atoms with Crippen LogP contribution in [0.1, 0.15) is 23.2 Å². The van der Waals surface area contributed by atoms with Crippen LogP contribution in [0.25, 0.3) is 10.9 Å². The molecule has 3 aromatic rings. The number of carbonyl (C=O) groups is 1. The predicted molar refractivity (Wildman–Crippen MR) is 110 cm³/mol. The highest BCUT2D eigenvalue weighted by atomic mass is 79.9. The second-order valence-electron chi connectivity index (χ2n) is 7.04. The number of amides is 1. The number of hydrogen-bond donors (Lipinski definition) is 0. The number of aryl methyl sites for hydroxylation is 1. The number of carbonyl (C=O) groups excluding carboxylic acids is 1. The fraction of sp³-hybridized carbons (Fsp3) is 0.350. The van der Waals surface area contributed by atoms with Crippen molar-refractivity contribution in [3.8, 4) is 0 Å². The lowest BCUT2D eigenvalue weighted by atomic mass is 10.0. The molecule has 1 saturated heterocycles. The Morgan fingerprint density at radius 1 is 1.22 bits per heavy atom. The highest BCUT2D eigenvalue weighted by Gasteiger charge is 2.27. The monoisotopic (exact) mass is 427 g/mol. The molecule has 2 aromatic heterocycles.